The van der Waals surface area contributed by atoms with E-state index >= 15 is 0 Å². The minimum absolute atomic E-state index is 0.141. The number of carbonyl (C=O) groups is 3. The van der Waals surface area contributed by atoms with Gasteiger partial charge in [0.25, 0.3) is 0 Å². The predicted octanol–water partition coefficient (Wildman–Crippen LogP) is 4.69. The van der Waals surface area contributed by atoms with Gasteiger partial charge in [-0.1, -0.05) is 49.7 Å². The number of aromatic nitrogens is 2. The number of allylic oxidation sites excluding steroid dienone is 2. The van der Waals surface area contributed by atoms with Crippen LogP contribution in [0.5, 0.6) is 0 Å². The van der Waals surface area contributed by atoms with Crippen LogP contribution in [0.15, 0.2) is 60.0 Å². The highest BCUT2D eigenvalue weighted by Crippen LogP contribution is 2.41. The zero-order chi connectivity index (χ0) is 24.1. The topological polar surface area (TPSA) is 143 Å². The number of carboxylic acid groups (broad SMARTS) is 1. The number of Topliss-reactive ketones (excluding diaryl/α,β-unsaturated/α-hetero) is 2. The number of rotatable bonds is 5. The highest BCUT2D eigenvalue weighted by Gasteiger charge is 2.40. The molecule has 2 aromatic heterocycles. The summed E-state index contributed by atoms with van der Waals surface area (Å²) in [6, 6.07) is 13.7. The van der Waals surface area contributed by atoms with Gasteiger partial charge in [0.15, 0.2) is 11.5 Å². The first-order valence-electron chi connectivity index (χ1n) is 10.7. The Balaban J connectivity index is 1.77. The first-order valence-corrected chi connectivity index (χ1v) is 10.7. The third kappa shape index (κ3) is 2.96. The molecule has 1 aliphatic rings. The van der Waals surface area contributed by atoms with E-state index < -0.39 is 34.6 Å². The molecule has 0 unspecified atom stereocenters. The fraction of sp³-hybridized carbons (Fsp3) is 0.115. The molecule has 170 valence electrons. The summed E-state index contributed by atoms with van der Waals surface area (Å²) in [6.07, 6.45) is 1.28. The van der Waals surface area contributed by atoms with Gasteiger partial charge in [-0.25, -0.2) is 4.79 Å². The minimum atomic E-state index is -1.37. The first-order chi connectivity index (χ1) is 16.3. The zero-order valence-corrected chi connectivity index (χ0v) is 18.1. The Kier molecular flexibility index (Phi) is 4.86. The number of aliphatic hydroxyl groups is 2. The summed E-state index contributed by atoms with van der Waals surface area (Å²) in [5.41, 5.74) is 0.794. The summed E-state index contributed by atoms with van der Waals surface area (Å²) < 4.78 is 0. The molecule has 34 heavy (non-hydrogen) atoms. The Morgan fingerprint density at radius 3 is 1.85 bits per heavy atom. The van der Waals surface area contributed by atoms with Crippen molar-refractivity contribution in [1.82, 2.24) is 9.97 Å². The second-order valence-corrected chi connectivity index (χ2v) is 8.11. The average Bonchev–Trinajstić information content (AvgIpc) is 3.38. The number of aromatic carboxylic acids is 1. The maximum atomic E-state index is 13.5. The lowest BCUT2D eigenvalue weighted by atomic mass is 9.84. The molecule has 0 radical (unpaired) electrons. The van der Waals surface area contributed by atoms with Crippen molar-refractivity contribution in [2.45, 2.75) is 19.8 Å². The van der Waals surface area contributed by atoms with E-state index in [0.717, 1.165) is 11.9 Å². The fourth-order valence-electron chi connectivity index (χ4n) is 4.63. The predicted molar refractivity (Wildman–Crippen MR) is 127 cm³/mol. The van der Waals surface area contributed by atoms with Gasteiger partial charge in [0.1, 0.15) is 5.69 Å². The molecule has 2 aromatic carbocycles. The van der Waals surface area contributed by atoms with E-state index in [-0.39, 0.29) is 16.8 Å². The van der Waals surface area contributed by atoms with E-state index in [2.05, 4.69) is 9.97 Å². The van der Waals surface area contributed by atoms with E-state index in [1.807, 2.05) is 19.1 Å². The molecule has 0 fully saturated rings. The van der Waals surface area contributed by atoms with Crippen molar-refractivity contribution < 1.29 is 29.7 Å². The van der Waals surface area contributed by atoms with Crippen molar-refractivity contribution in [3.63, 3.8) is 0 Å². The molecule has 2 heterocycles. The van der Waals surface area contributed by atoms with E-state index in [4.69, 9.17) is 0 Å². The van der Waals surface area contributed by atoms with Crippen LogP contribution in [0.3, 0.4) is 0 Å². The van der Waals surface area contributed by atoms with Gasteiger partial charge in [0.05, 0.1) is 11.1 Å². The normalized spacial score (nSPS) is 14.6. The maximum absolute atomic E-state index is 13.5. The van der Waals surface area contributed by atoms with Crippen LogP contribution in [0.25, 0.3) is 33.0 Å². The molecule has 4 aromatic rings. The lowest BCUT2D eigenvalue weighted by Gasteiger charge is -2.19. The number of hydrogen-bond acceptors (Lipinski definition) is 5. The van der Waals surface area contributed by atoms with E-state index in [9.17, 15) is 29.7 Å². The van der Waals surface area contributed by atoms with Crippen molar-refractivity contribution in [1.29, 1.82) is 0 Å². The molecule has 0 saturated heterocycles. The van der Waals surface area contributed by atoms with Crippen LogP contribution in [0, 0.1) is 0 Å². The molecule has 8 heteroatoms. The summed E-state index contributed by atoms with van der Waals surface area (Å²) in [5, 5.41) is 32.7. The molecule has 1 aliphatic carbocycles. The van der Waals surface area contributed by atoms with E-state index in [1.165, 1.54) is 0 Å². The van der Waals surface area contributed by atoms with Crippen LogP contribution in [0.4, 0.5) is 0 Å². The van der Waals surface area contributed by atoms with E-state index in [1.54, 1.807) is 36.4 Å². The SMILES string of the molecule is CCCc1[nH]c2ccccc2c1C1=C(O)C(=O)C(c2c(C(=O)O)[nH]c3ccccc23)=C(O)C1=O. The lowest BCUT2D eigenvalue weighted by Crippen LogP contribution is -2.24. The Labute approximate surface area is 192 Å². The average molecular weight is 456 g/mol. The van der Waals surface area contributed by atoms with Gasteiger partial charge in [-0.2, -0.15) is 0 Å². The highest BCUT2D eigenvalue weighted by molar-refractivity contribution is 6.48. The number of carbonyl (C=O) groups excluding carboxylic acids is 2. The van der Waals surface area contributed by atoms with Crippen molar-refractivity contribution in [3.05, 3.63) is 82.6 Å². The lowest BCUT2D eigenvalue weighted by molar-refractivity contribution is -0.116. The number of para-hydroxylation sites is 2. The van der Waals surface area contributed by atoms with Gasteiger partial charge in [0.2, 0.25) is 11.6 Å². The molecule has 5 N–H and O–H groups in total. The molecule has 0 aliphatic heterocycles. The molecule has 0 amide bonds. The number of benzene rings is 2. The quantitative estimate of drug-likeness (QED) is 0.276. The summed E-state index contributed by atoms with van der Waals surface area (Å²) in [5.74, 6) is -5.08. The third-order valence-corrected chi connectivity index (χ3v) is 6.06. The van der Waals surface area contributed by atoms with Crippen LogP contribution in [-0.2, 0) is 16.0 Å². The number of H-pyrrole nitrogens is 2. The van der Waals surface area contributed by atoms with Gasteiger partial charge in [-0.05, 0) is 18.6 Å². The van der Waals surface area contributed by atoms with Crippen LogP contribution >= 0.6 is 0 Å². The standard InChI is InChI=1S/C26H20N2O6/c1-2-7-16-17(12-8-3-5-10-14(12)27-16)19-22(29)24(31)20(25(32)23(19)30)18-13-9-4-6-11-15(13)28-21(18)26(33)34/h3-6,8-11,27-29,32H,2,7H2,1H3,(H,33,34). The number of fused-ring (bicyclic) bond motifs is 2. The number of ketones is 2. The van der Waals surface area contributed by atoms with Crippen LogP contribution in [0.2, 0.25) is 0 Å². The maximum Gasteiger partial charge on any atom is 0.352 e. The fourth-order valence-corrected chi connectivity index (χ4v) is 4.63. The smallest absolute Gasteiger partial charge is 0.352 e. The molecule has 0 saturated carbocycles. The summed E-state index contributed by atoms with van der Waals surface area (Å²) in [7, 11) is 0. The monoisotopic (exact) mass is 456 g/mol. The van der Waals surface area contributed by atoms with Gasteiger partial charge in [0, 0.05) is 38.6 Å². The molecular formula is C26H20N2O6. The number of nitrogens with one attached hydrogen (secondary N) is 2. The molecule has 5 rings (SSSR count). The Morgan fingerprint density at radius 2 is 1.29 bits per heavy atom. The number of aryl methyl sites for hydroxylation is 1. The zero-order valence-electron chi connectivity index (χ0n) is 18.1. The second kappa shape index (κ2) is 7.77. The molecule has 0 spiro atoms. The van der Waals surface area contributed by atoms with Gasteiger partial charge in [-0.15, -0.1) is 0 Å². The molecular weight excluding hydrogens is 436 g/mol. The van der Waals surface area contributed by atoms with Crippen LogP contribution in [-0.4, -0.2) is 42.8 Å². The second-order valence-electron chi connectivity index (χ2n) is 8.11. The van der Waals surface area contributed by atoms with Crippen molar-refractivity contribution in [2.75, 3.05) is 0 Å². The van der Waals surface area contributed by atoms with E-state index in [0.29, 0.717) is 34.0 Å². The van der Waals surface area contributed by atoms with Crippen molar-refractivity contribution >= 4 is 50.5 Å². The Hall–Kier alpha value is -4.59. The number of hydrogen-bond donors (Lipinski definition) is 5. The number of aromatic amines is 2. The summed E-state index contributed by atoms with van der Waals surface area (Å²) >= 11 is 0. The number of aliphatic hydroxyl groups excluding tert-OH is 2. The molecule has 8 nitrogen and oxygen atoms in total. The molecule has 0 atom stereocenters. The van der Waals surface area contributed by atoms with Gasteiger partial charge >= 0.3 is 5.97 Å². The van der Waals surface area contributed by atoms with Crippen LogP contribution < -0.4 is 0 Å². The number of carboxylic acids is 1. The van der Waals surface area contributed by atoms with Crippen molar-refractivity contribution in [2.24, 2.45) is 0 Å². The molecule has 0 bridgehead atoms. The van der Waals surface area contributed by atoms with Gasteiger partial charge in [-0.3, -0.25) is 9.59 Å². The largest absolute Gasteiger partial charge is 0.504 e. The third-order valence-electron chi connectivity index (χ3n) is 6.06. The first kappa shape index (κ1) is 21.3. The highest BCUT2D eigenvalue weighted by atomic mass is 16.4. The summed E-state index contributed by atoms with van der Waals surface area (Å²) in [6.45, 7) is 1.96. The Bertz CT molecular complexity index is 1600. The van der Waals surface area contributed by atoms with Crippen LogP contribution in [0.1, 0.15) is 40.7 Å². The minimum Gasteiger partial charge on any atom is -0.504 e. The Morgan fingerprint density at radius 1 is 0.794 bits per heavy atom. The summed E-state index contributed by atoms with van der Waals surface area (Å²) in [4.78, 5) is 44.7. The van der Waals surface area contributed by atoms with Crippen molar-refractivity contribution in [3.8, 4) is 0 Å². The van der Waals surface area contributed by atoms with Gasteiger partial charge < -0.3 is 25.3 Å².